The molecule has 1 aliphatic heterocycles. The van der Waals surface area contributed by atoms with E-state index in [-0.39, 0.29) is 30.3 Å². The number of hydrogen-bond donors (Lipinski definition) is 0. The molecule has 0 saturated heterocycles. The summed E-state index contributed by atoms with van der Waals surface area (Å²) >= 11 is 0. The van der Waals surface area contributed by atoms with Gasteiger partial charge in [-0.2, -0.15) is 0 Å². The first-order valence-corrected chi connectivity index (χ1v) is 11.2. The SMILES string of the molecule is CCOC(=O)C1=CN(C(=O)c2ccc3ccccc3c2)C=C(C(=O)OCC)C1c1ccccc1. The molecule has 0 spiro atoms. The highest BCUT2D eigenvalue weighted by molar-refractivity contribution is 6.04. The third-order valence-corrected chi connectivity index (χ3v) is 5.56. The number of carbonyl (C=O) groups excluding carboxylic acids is 3. The van der Waals surface area contributed by atoms with Crippen molar-refractivity contribution >= 4 is 28.6 Å². The van der Waals surface area contributed by atoms with Gasteiger partial charge in [0.25, 0.3) is 5.91 Å². The Balaban J connectivity index is 1.82. The second-order valence-corrected chi connectivity index (χ2v) is 7.73. The van der Waals surface area contributed by atoms with Gasteiger partial charge in [0, 0.05) is 18.0 Å². The van der Waals surface area contributed by atoms with Crippen molar-refractivity contribution in [1.82, 2.24) is 4.90 Å². The van der Waals surface area contributed by atoms with Gasteiger partial charge < -0.3 is 9.47 Å². The standard InChI is InChI=1S/C28H25NO5/c1-3-33-27(31)23-17-29(26(30)22-15-14-19-10-8-9-13-21(19)16-22)18-24(28(32)34-4-2)25(23)20-11-6-5-7-12-20/h5-18,25H,3-4H2,1-2H3. The summed E-state index contributed by atoms with van der Waals surface area (Å²) in [6.07, 6.45) is 2.91. The molecule has 0 atom stereocenters. The van der Waals surface area contributed by atoms with Gasteiger partial charge in [-0.1, -0.05) is 60.7 Å². The maximum absolute atomic E-state index is 13.5. The van der Waals surface area contributed by atoms with Crippen LogP contribution in [0, 0.1) is 0 Å². The normalized spacial score (nSPS) is 13.8. The van der Waals surface area contributed by atoms with E-state index in [2.05, 4.69) is 0 Å². The number of carbonyl (C=O) groups is 3. The summed E-state index contributed by atoms with van der Waals surface area (Å²) in [6.45, 7) is 3.74. The summed E-state index contributed by atoms with van der Waals surface area (Å²) in [5, 5.41) is 1.92. The third-order valence-electron chi connectivity index (χ3n) is 5.56. The number of ether oxygens (including phenoxy) is 2. The van der Waals surface area contributed by atoms with Crippen LogP contribution in [0.3, 0.4) is 0 Å². The molecule has 6 nitrogen and oxygen atoms in total. The second-order valence-electron chi connectivity index (χ2n) is 7.73. The Kier molecular flexibility index (Phi) is 6.87. The summed E-state index contributed by atoms with van der Waals surface area (Å²) in [4.78, 5) is 40.7. The summed E-state index contributed by atoms with van der Waals surface area (Å²) in [7, 11) is 0. The van der Waals surface area contributed by atoms with Crippen LogP contribution in [0.15, 0.2) is 96.3 Å². The van der Waals surface area contributed by atoms with E-state index in [9.17, 15) is 14.4 Å². The molecule has 0 aliphatic carbocycles. The van der Waals surface area contributed by atoms with Crippen molar-refractivity contribution in [2.24, 2.45) is 0 Å². The largest absolute Gasteiger partial charge is 0.463 e. The Morgan fingerprint density at radius 1 is 0.735 bits per heavy atom. The van der Waals surface area contributed by atoms with Crippen LogP contribution in [0.5, 0.6) is 0 Å². The Hall–Kier alpha value is -4.19. The van der Waals surface area contributed by atoms with E-state index in [1.807, 2.05) is 60.7 Å². The number of benzene rings is 3. The van der Waals surface area contributed by atoms with E-state index in [1.54, 1.807) is 26.0 Å². The zero-order valence-corrected chi connectivity index (χ0v) is 19.1. The van der Waals surface area contributed by atoms with Crippen LogP contribution in [0.1, 0.15) is 35.7 Å². The number of amides is 1. The van der Waals surface area contributed by atoms with Gasteiger partial charge in [0.1, 0.15) is 0 Å². The molecule has 1 amide bonds. The first-order chi connectivity index (χ1) is 16.5. The molecule has 0 radical (unpaired) electrons. The van der Waals surface area contributed by atoms with E-state index in [4.69, 9.17) is 9.47 Å². The fourth-order valence-electron chi connectivity index (χ4n) is 4.02. The first-order valence-electron chi connectivity index (χ1n) is 11.2. The molecule has 0 unspecified atom stereocenters. The summed E-state index contributed by atoms with van der Waals surface area (Å²) in [5.41, 5.74) is 1.52. The molecule has 3 aromatic carbocycles. The van der Waals surface area contributed by atoms with Gasteiger partial charge in [0.2, 0.25) is 0 Å². The van der Waals surface area contributed by atoms with E-state index >= 15 is 0 Å². The molecule has 0 aromatic heterocycles. The van der Waals surface area contributed by atoms with Crippen molar-refractivity contribution in [2.75, 3.05) is 13.2 Å². The Morgan fingerprint density at radius 3 is 1.88 bits per heavy atom. The second kappa shape index (κ2) is 10.2. The molecular weight excluding hydrogens is 430 g/mol. The Labute approximate surface area is 198 Å². The van der Waals surface area contributed by atoms with Gasteiger partial charge in [-0.15, -0.1) is 0 Å². The third kappa shape index (κ3) is 4.62. The van der Waals surface area contributed by atoms with Crippen LogP contribution >= 0.6 is 0 Å². The van der Waals surface area contributed by atoms with Gasteiger partial charge in [-0.25, -0.2) is 9.59 Å². The highest BCUT2D eigenvalue weighted by atomic mass is 16.5. The Bertz CT molecular complexity index is 1260. The average molecular weight is 456 g/mol. The number of nitrogens with zero attached hydrogens (tertiary/aromatic N) is 1. The van der Waals surface area contributed by atoms with Crippen LogP contribution in [0.25, 0.3) is 10.8 Å². The van der Waals surface area contributed by atoms with E-state index in [0.29, 0.717) is 5.56 Å². The van der Waals surface area contributed by atoms with Crippen molar-refractivity contribution in [3.05, 3.63) is 107 Å². The van der Waals surface area contributed by atoms with Gasteiger partial charge in [-0.3, -0.25) is 9.69 Å². The predicted octanol–water partition coefficient (Wildman–Crippen LogP) is 4.97. The molecule has 1 aliphatic rings. The lowest BCUT2D eigenvalue weighted by atomic mass is 9.83. The minimum absolute atomic E-state index is 0.161. The monoisotopic (exact) mass is 455 g/mol. The molecule has 6 heteroatoms. The average Bonchev–Trinajstić information content (AvgIpc) is 2.88. The maximum atomic E-state index is 13.5. The summed E-state index contributed by atoms with van der Waals surface area (Å²) in [6, 6.07) is 22.3. The van der Waals surface area contributed by atoms with Crippen LogP contribution in [-0.2, 0) is 19.1 Å². The molecule has 0 fully saturated rings. The Morgan fingerprint density at radius 2 is 1.29 bits per heavy atom. The molecule has 0 saturated carbocycles. The maximum Gasteiger partial charge on any atom is 0.336 e. The molecular formula is C28H25NO5. The lowest BCUT2D eigenvalue weighted by Gasteiger charge is -2.29. The highest BCUT2D eigenvalue weighted by Gasteiger charge is 2.36. The van der Waals surface area contributed by atoms with Crippen molar-refractivity contribution < 1.29 is 23.9 Å². The molecule has 0 N–H and O–H groups in total. The van der Waals surface area contributed by atoms with Crippen molar-refractivity contribution in [1.29, 1.82) is 0 Å². The van der Waals surface area contributed by atoms with Gasteiger partial charge in [0.15, 0.2) is 0 Å². The van der Waals surface area contributed by atoms with Crippen LogP contribution < -0.4 is 0 Å². The van der Waals surface area contributed by atoms with Crippen LogP contribution in [0.2, 0.25) is 0 Å². The smallest absolute Gasteiger partial charge is 0.336 e. The lowest BCUT2D eigenvalue weighted by molar-refractivity contribution is -0.139. The predicted molar refractivity (Wildman–Crippen MR) is 129 cm³/mol. The lowest BCUT2D eigenvalue weighted by Crippen LogP contribution is -2.32. The number of hydrogen-bond acceptors (Lipinski definition) is 5. The topological polar surface area (TPSA) is 72.9 Å². The van der Waals surface area contributed by atoms with Crippen molar-refractivity contribution in [3.8, 4) is 0 Å². The molecule has 172 valence electrons. The summed E-state index contributed by atoms with van der Waals surface area (Å²) in [5.74, 6) is -2.29. The zero-order chi connectivity index (χ0) is 24.1. The van der Waals surface area contributed by atoms with Gasteiger partial charge >= 0.3 is 11.9 Å². The zero-order valence-electron chi connectivity index (χ0n) is 19.1. The minimum Gasteiger partial charge on any atom is -0.463 e. The number of esters is 2. The highest BCUT2D eigenvalue weighted by Crippen LogP contribution is 2.37. The van der Waals surface area contributed by atoms with Crippen molar-refractivity contribution in [3.63, 3.8) is 0 Å². The van der Waals surface area contributed by atoms with Gasteiger partial charge in [-0.05, 0) is 42.3 Å². The molecule has 34 heavy (non-hydrogen) atoms. The molecule has 1 heterocycles. The number of rotatable bonds is 6. The van der Waals surface area contributed by atoms with Crippen LogP contribution in [-0.4, -0.2) is 36.0 Å². The fourth-order valence-corrected chi connectivity index (χ4v) is 4.02. The summed E-state index contributed by atoms with van der Waals surface area (Å²) < 4.78 is 10.6. The molecule has 4 rings (SSSR count). The minimum atomic E-state index is -0.722. The fraction of sp³-hybridized carbons (Fsp3) is 0.179. The van der Waals surface area contributed by atoms with Crippen LogP contribution in [0.4, 0.5) is 0 Å². The van der Waals surface area contributed by atoms with Crippen molar-refractivity contribution in [2.45, 2.75) is 19.8 Å². The van der Waals surface area contributed by atoms with E-state index in [0.717, 1.165) is 16.3 Å². The first kappa shape index (κ1) is 23.0. The van der Waals surface area contributed by atoms with E-state index in [1.165, 1.54) is 17.3 Å². The molecule has 3 aromatic rings. The quantitative estimate of drug-likeness (QED) is 0.491. The molecule has 0 bridgehead atoms. The van der Waals surface area contributed by atoms with Gasteiger partial charge in [0.05, 0.1) is 30.3 Å². The number of fused-ring (bicyclic) bond motifs is 1. The van der Waals surface area contributed by atoms with E-state index < -0.39 is 17.9 Å².